The molecule has 0 radical (unpaired) electrons. The van der Waals surface area contributed by atoms with Gasteiger partial charge in [-0.3, -0.25) is 4.79 Å². The number of rotatable bonds is 11. The van der Waals surface area contributed by atoms with Gasteiger partial charge in [-0.15, -0.1) is 0 Å². The standard InChI is InChI=1S/C28H34Cl2N4O4/c1-4-6-18(7-5-2)28(35)34-10-11-37-20(15-34)16-38-26-14-24-21(13-25(26)36-3)27(32-17-31-24)33-19-8-9-22(29)23(30)12-19/h8-9,12-14,17-18,20H,4-7,10-11,15-16H2,1-3H3,(H,31,32,33). The van der Waals surface area contributed by atoms with E-state index >= 15 is 0 Å². The number of halogens is 2. The Morgan fingerprint density at radius 2 is 1.92 bits per heavy atom. The minimum absolute atomic E-state index is 0.0802. The predicted molar refractivity (Wildman–Crippen MR) is 151 cm³/mol. The number of nitrogens with one attached hydrogen (secondary N) is 1. The first-order valence-electron chi connectivity index (χ1n) is 13.0. The fraction of sp³-hybridized carbons (Fsp3) is 0.464. The van der Waals surface area contributed by atoms with E-state index in [2.05, 4.69) is 29.1 Å². The first kappa shape index (κ1) is 28.2. The molecule has 0 spiro atoms. The zero-order valence-corrected chi connectivity index (χ0v) is 23.5. The summed E-state index contributed by atoms with van der Waals surface area (Å²) < 4.78 is 17.7. The van der Waals surface area contributed by atoms with E-state index < -0.39 is 0 Å². The van der Waals surface area contributed by atoms with E-state index in [0.29, 0.717) is 52.6 Å². The Morgan fingerprint density at radius 1 is 1.13 bits per heavy atom. The summed E-state index contributed by atoms with van der Waals surface area (Å²) in [7, 11) is 1.59. The van der Waals surface area contributed by atoms with Crippen LogP contribution >= 0.6 is 23.2 Å². The van der Waals surface area contributed by atoms with Gasteiger partial charge in [0, 0.05) is 29.6 Å². The van der Waals surface area contributed by atoms with E-state index in [1.807, 2.05) is 23.1 Å². The first-order valence-corrected chi connectivity index (χ1v) is 13.8. The fourth-order valence-corrected chi connectivity index (χ4v) is 4.99. The third-order valence-corrected chi connectivity index (χ3v) is 7.34. The molecule has 0 bridgehead atoms. The van der Waals surface area contributed by atoms with Gasteiger partial charge in [-0.2, -0.15) is 0 Å². The molecule has 38 heavy (non-hydrogen) atoms. The number of aromatic nitrogens is 2. The SMILES string of the molecule is CCCC(CCC)C(=O)N1CCOC(COc2cc3ncnc(Nc4ccc(Cl)c(Cl)c4)c3cc2OC)C1. The average Bonchev–Trinajstić information content (AvgIpc) is 2.93. The molecule has 1 fully saturated rings. The van der Waals surface area contributed by atoms with Crippen LogP contribution in [0.25, 0.3) is 10.9 Å². The molecule has 0 aliphatic carbocycles. The first-order chi connectivity index (χ1) is 18.4. The van der Waals surface area contributed by atoms with Crippen molar-refractivity contribution in [2.75, 3.05) is 38.7 Å². The van der Waals surface area contributed by atoms with Crippen molar-refractivity contribution in [3.8, 4) is 11.5 Å². The third-order valence-electron chi connectivity index (χ3n) is 6.60. The van der Waals surface area contributed by atoms with Crippen LogP contribution in [0.15, 0.2) is 36.7 Å². The highest BCUT2D eigenvalue weighted by molar-refractivity contribution is 6.42. The summed E-state index contributed by atoms with van der Waals surface area (Å²) >= 11 is 12.2. The summed E-state index contributed by atoms with van der Waals surface area (Å²) in [6.45, 7) is 6.16. The molecular formula is C28H34Cl2N4O4. The van der Waals surface area contributed by atoms with Crippen LogP contribution in [-0.4, -0.2) is 60.3 Å². The van der Waals surface area contributed by atoms with E-state index in [9.17, 15) is 4.79 Å². The number of hydrogen-bond donors (Lipinski definition) is 1. The maximum atomic E-state index is 13.1. The van der Waals surface area contributed by atoms with Crippen molar-refractivity contribution in [1.82, 2.24) is 14.9 Å². The van der Waals surface area contributed by atoms with E-state index in [1.54, 1.807) is 19.2 Å². The topological polar surface area (TPSA) is 85.8 Å². The third kappa shape index (κ3) is 6.79. The van der Waals surface area contributed by atoms with Gasteiger partial charge in [0.15, 0.2) is 11.5 Å². The number of hydrogen-bond acceptors (Lipinski definition) is 7. The molecule has 8 nitrogen and oxygen atoms in total. The van der Waals surface area contributed by atoms with Crippen molar-refractivity contribution in [2.45, 2.75) is 45.6 Å². The molecule has 4 rings (SSSR count). The normalized spacial score (nSPS) is 15.6. The van der Waals surface area contributed by atoms with Crippen molar-refractivity contribution in [1.29, 1.82) is 0 Å². The van der Waals surface area contributed by atoms with Crippen LogP contribution in [-0.2, 0) is 9.53 Å². The molecule has 3 aromatic rings. The highest BCUT2D eigenvalue weighted by atomic mass is 35.5. The second kappa shape index (κ2) is 13.3. The number of methoxy groups -OCH3 is 1. The second-order valence-corrected chi connectivity index (χ2v) is 10.2. The lowest BCUT2D eigenvalue weighted by Crippen LogP contribution is -2.49. The summed E-state index contributed by atoms with van der Waals surface area (Å²) in [6, 6.07) is 8.93. The van der Waals surface area contributed by atoms with Gasteiger partial charge in [0.2, 0.25) is 5.91 Å². The number of amides is 1. The average molecular weight is 562 g/mol. The molecule has 1 saturated heterocycles. The predicted octanol–water partition coefficient (Wildman–Crippen LogP) is 6.51. The van der Waals surface area contributed by atoms with Crippen LogP contribution < -0.4 is 14.8 Å². The van der Waals surface area contributed by atoms with Gasteiger partial charge >= 0.3 is 0 Å². The van der Waals surface area contributed by atoms with Crippen LogP contribution in [0.4, 0.5) is 11.5 Å². The largest absolute Gasteiger partial charge is 0.493 e. The van der Waals surface area contributed by atoms with Crippen molar-refractivity contribution in [3.05, 3.63) is 46.7 Å². The summed E-state index contributed by atoms with van der Waals surface area (Å²) in [5, 5.41) is 4.94. The van der Waals surface area contributed by atoms with E-state index in [0.717, 1.165) is 36.8 Å². The lowest BCUT2D eigenvalue weighted by molar-refractivity contribution is -0.144. The molecule has 10 heteroatoms. The molecule has 1 amide bonds. The Bertz CT molecular complexity index is 1250. The smallest absolute Gasteiger partial charge is 0.225 e. The minimum atomic E-state index is -0.228. The molecule has 1 aromatic heterocycles. The molecule has 204 valence electrons. The molecule has 0 saturated carbocycles. The second-order valence-electron chi connectivity index (χ2n) is 9.36. The van der Waals surface area contributed by atoms with Gasteiger partial charge in [0.1, 0.15) is 24.9 Å². The Balaban J connectivity index is 1.47. The van der Waals surface area contributed by atoms with Gasteiger partial charge in [0.05, 0.1) is 35.8 Å². The van der Waals surface area contributed by atoms with Gasteiger partial charge in [-0.05, 0) is 37.1 Å². The van der Waals surface area contributed by atoms with Crippen molar-refractivity contribution in [3.63, 3.8) is 0 Å². The zero-order valence-electron chi connectivity index (χ0n) is 22.0. The molecule has 2 heterocycles. The number of fused-ring (bicyclic) bond motifs is 1. The Morgan fingerprint density at radius 3 is 2.63 bits per heavy atom. The molecule has 1 aliphatic rings. The van der Waals surface area contributed by atoms with Gasteiger partial charge < -0.3 is 24.4 Å². The van der Waals surface area contributed by atoms with Crippen molar-refractivity contribution < 1.29 is 19.0 Å². The number of nitrogens with zero attached hydrogens (tertiary/aromatic N) is 3. The maximum absolute atomic E-state index is 13.1. The van der Waals surface area contributed by atoms with Gasteiger partial charge in [-0.1, -0.05) is 49.9 Å². The van der Waals surface area contributed by atoms with Crippen LogP contribution in [0.2, 0.25) is 10.0 Å². The minimum Gasteiger partial charge on any atom is -0.493 e. The summed E-state index contributed by atoms with van der Waals surface area (Å²) in [5.41, 5.74) is 1.43. The Labute approximate surface area is 233 Å². The van der Waals surface area contributed by atoms with Crippen molar-refractivity contribution >= 4 is 51.5 Å². The highest BCUT2D eigenvalue weighted by Gasteiger charge is 2.29. The van der Waals surface area contributed by atoms with Crippen LogP contribution in [0, 0.1) is 5.92 Å². The lowest BCUT2D eigenvalue weighted by Gasteiger charge is -2.35. The molecule has 1 aliphatic heterocycles. The van der Waals surface area contributed by atoms with E-state index in [1.165, 1.54) is 6.33 Å². The van der Waals surface area contributed by atoms with Crippen LogP contribution in [0.3, 0.4) is 0 Å². The number of carbonyl (C=O) groups excluding carboxylic acids is 1. The maximum Gasteiger partial charge on any atom is 0.225 e. The van der Waals surface area contributed by atoms with Gasteiger partial charge in [0.25, 0.3) is 0 Å². The molecular weight excluding hydrogens is 527 g/mol. The zero-order chi connectivity index (χ0) is 27.1. The number of ether oxygens (including phenoxy) is 3. The number of morpholine rings is 1. The summed E-state index contributed by atoms with van der Waals surface area (Å²) in [5.74, 6) is 1.98. The molecule has 1 atom stereocenters. The summed E-state index contributed by atoms with van der Waals surface area (Å²) in [6.07, 6.45) is 5.10. The highest BCUT2D eigenvalue weighted by Crippen LogP contribution is 2.35. The molecule has 1 N–H and O–H groups in total. The monoisotopic (exact) mass is 560 g/mol. The number of benzene rings is 2. The van der Waals surface area contributed by atoms with Crippen LogP contribution in [0.1, 0.15) is 39.5 Å². The quantitative estimate of drug-likeness (QED) is 0.286. The summed E-state index contributed by atoms with van der Waals surface area (Å²) in [4.78, 5) is 23.9. The van der Waals surface area contributed by atoms with Gasteiger partial charge in [-0.25, -0.2) is 9.97 Å². The van der Waals surface area contributed by atoms with Crippen LogP contribution in [0.5, 0.6) is 11.5 Å². The number of anilines is 2. The van der Waals surface area contributed by atoms with E-state index in [4.69, 9.17) is 37.4 Å². The molecule has 1 unspecified atom stereocenters. The molecule has 2 aromatic carbocycles. The Kier molecular flexibility index (Phi) is 9.88. The fourth-order valence-electron chi connectivity index (χ4n) is 4.70. The van der Waals surface area contributed by atoms with E-state index in [-0.39, 0.29) is 24.5 Å². The number of carbonyl (C=O) groups is 1. The van der Waals surface area contributed by atoms with Crippen molar-refractivity contribution in [2.24, 2.45) is 5.92 Å². The Hall–Kier alpha value is -2.81. The lowest BCUT2D eigenvalue weighted by atomic mass is 9.96.